The normalized spacial score (nSPS) is 10.0. The maximum Gasteiger partial charge on any atom is 0.256 e. The second-order valence-corrected chi connectivity index (χ2v) is 6.38. The molecule has 2 rings (SSSR count). The van der Waals surface area contributed by atoms with Gasteiger partial charge in [0.25, 0.3) is 11.8 Å². The van der Waals surface area contributed by atoms with E-state index in [1.165, 1.54) is 18.4 Å². The standard InChI is InChI=1S/C14H13BrN2O3S/c1-16-13(18)8-3-4-11(20-2)10(5-8)17-14(19)9-6-12(15)21-7-9/h3-7H,1-2H3,(H,16,18)(H,17,19). The third-order valence-corrected chi connectivity index (χ3v) is 4.27. The van der Waals surface area contributed by atoms with Gasteiger partial charge in [-0.15, -0.1) is 11.3 Å². The summed E-state index contributed by atoms with van der Waals surface area (Å²) in [6, 6.07) is 6.59. The van der Waals surface area contributed by atoms with Crippen molar-refractivity contribution in [3.8, 4) is 5.75 Å². The second-order valence-electron chi connectivity index (χ2n) is 4.09. The van der Waals surface area contributed by atoms with Crippen molar-refractivity contribution in [1.29, 1.82) is 0 Å². The molecule has 1 aromatic carbocycles. The van der Waals surface area contributed by atoms with E-state index >= 15 is 0 Å². The van der Waals surface area contributed by atoms with Gasteiger partial charge >= 0.3 is 0 Å². The van der Waals surface area contributed by atoms with Crippen LogP contribution in [0.5, 0.6) is 5.75 Å². The number of anilines is 1. The predicted molar refractivity (Wildman–Crippen MR) is 86.4 cm³/mol. The predicted octanol–water partition coefficient (Wildman–Crippen LogP) is 3.13. The van der Waals surface area contributed by atoms with Crippen LogP contribution in [0.1, 0.15) is 20.7 Å². The first-order valence-electron chi connectivity index (χ1n) is 6.00. The third-order valence-electron chi connectivity index (χ3n) is 2.77. The van der Waals surface area contributed by atoms with Crippen molar-refractivity contribution in [2.45, 2.75) is 0 Å². The summed E-state index contributed by atoms with van der Waals surface area (Å²) in [5.41, 5.74) is 1.44. The van der Waals surface area contributed by atoms with Crippen LogP contribution < -0.4 is 15.4 Å². The first kappa shape index (κ1) is 15.5. The summed E-state index contributed by atoms with van der Waals surface area (Å²) < 4.78 is 6.08. The topological polar surface area (TPSA) is 67.4 Å². The lowest BCUT2D eigenvalue weighted by atomic mass is 10.1. The molecule has 7 heteroatoms. The Labute approximate surface area is 134 Å². The van der Waals surface area contributed by atoms with Crippen molar-refractivity contribution in [2.24, 2.45) is 0 Å². The van der Waals surface area contributed by atoms with E-state index in [4.69, 9.17) is 4.74 Å². The number of hydrogen-bond acceptors (Lipinski definition) is 4. The molecule has 5 nitrogen and oxygen atoms in total. The van der Waals surface area contributed by atoms with E-state index in [9.17, 15) is 9.59 Å². The van der Waals surface area contributed by atoms with Gasteiger partial charge in [0.1, 0.15) is 5.75 Å². The van der Waals surface area contributed by atoms with Crippen LogP contribution in [0.25, 0.3) is 0 Å². The Hall–Kier alpha value is -1.86. The summed E-state index contributed by atoms with van der Waals surface area (Å²) in [4.78, 5) is 23.8. The van der Waals surface area contributed by atoms with Gasteiger partial charge in [0.15, 0.2) is 0 Å². The number of ether oxygens (including phenoxy) is 1. The molecule has 0 aliphatic rings. The number of thiophene rings is 1. The number of rotatable bonds is 4. The molecular formula is C14H13BrN2O3S. The van der Waals surface area contributed by atoms with Crippen molar-refractivity contribution in [2.75, 3.05) is 19.5 Å². The van der Waals surface area contributed by atoms with Gasteiger partial charge in [-0.3, -0.25) is 9.59 Å². The van der Waals surface area contributed by atoms with E-state index in [2.05, 4.69) is 26.6 Å². The summed E-state index contributed by atoms with van der Waals surface area (Å²) in [5, 5.41) is 7.03. The molecule has 2 aromatic rings. The number of nitrogens with one attached hydrogen (secondary N) is 2. The summed E-state index contributed by atoms with van der Waals surface area (Å²) in [6.07, 6.45) is 0. The molecule has 0 saturated carbocycles. The Kier molecular flexibility index (Phi) is 4.98. The molecule has 1 aromatic heterocycles. The van der Waals surface area contributed by atoms with Crippen LogP contribution in [0.2, 0.25) is 0 Å². The monoisotopic (exact) mass is 368 g/mol. The highest BCUT2D eigenvalue weighted by Gasteiger charge is 2.13. The average molecular weight is 369 g/mol. The van der Waals surface area contributed by atoms with Crippen molar-refractivity contribution >= 4 is 44.8 Å². The Morgan fingerprint density at radius 1 is 1.19 bits per heavy atom. The number of halogens is 1. The molecule has 2 N–H and O–H groups in total. The molecule has 0 aliphatic carbocycles. The summed E-state index contributed by atoms with van der Waals surface area (Å²) >= 11 is 4.74. The fourth-order valence-corrected chi connectivity index (χ4v) is 2.85. The maximum atomic E-state index is 12.2. The van der Waals surface area contributed by atoms with Gasteiger partial charge in [0.2, 0.25) is 0 Å². The minimum Gasteiger partial charge on any atom is -0.495 e. The smallest absolute Gasteiger partial charge is 0.256 e. The lowest BCUT2D eigenvalue weighted by Crippen LogP contribution is -2.18. The largest absolute Gasteiger partial charge is 0.495 e. The Balaban J connectivity index is 2.29. The molecule has 1 heterocycles. The zero-order chi connectivity index (χ0) is 15.4. The van der Waals surface area contributed by atoms with Gasteiger partial charge in [-0.1, -0.05) is 0 Å². The minimum atomic E-state index is -0.260. The highest BCUT2D eigenvalue weighted by Crippen LogP contribution is 2.27. The number of benzene rings is 1. The Morgan fingerprint density at radius 2 is 1.95 bits per heavy atom. The van der Waals surface area contributed by atoms with Crippen molar-refractivity contribution in [1.82, 2.24) is 5.32 Å². The Morgan fingerprint density at radius 3 is 2.52 bits per heavy atom. The van der Waals surface area contributed by atoms with Gasteiger partial charge in [0, 0.05) is 18.0 Å². The molecule has 110 valence electrons. The molecular weight excluding hydrogens is 356 g/mol. The molecule has 0 fully saturated rings. The lowest BCUT2D eigenvalue weighted by molar-refractivity contribution is 0.0961. The fraction of sp³-hybridized carbons (Fsp3) is 0.143. The molecule has 0 unspecified atom stereocenters. The van der Waals surface area contributed by atoms with Crippen LogP contribution in [0, 0.1) is 0 Å². The van der Waals surface area contributed by atoms with Crippen LogP contribution in [-0.4, -0.2) is 26.0 Å². The van der Waals surface area contributed by atoms with Gasteiger partial charge in [-0.05, 0) is 40.2 Å². The van der Waals surface area contributed by atoms with Crippen LogP contribution in [-0.2, 0) is 0 Å². The van der Waals surface area contributed by atoms with E-state index in [-0.39, 0.29) is 11.8 Å². The van der Waals surface area contributed by atoms with Crippen LogP contribution in [0.15, 0.2) is 33.4 Å². The number of amides is 2. The summed E-state index contributed by atoms with van der Waals surface area (Å²) in [5.74, 6) is 0.000958. The van der Waals surface area contributed by atoms with E-state index in [0.717, 1.165) is 3.79 Å². The number of carbonyl (C=O) groups excluding carboxylic acids is 2. The first-order valence-corrected chi connectivity index (χ1v) is 7.68. The molecule has 0 saturated heterocycles. The SMILES string of the molecule is CNC(=O)c1ccc(OC)c(NC(=O)c2csc(Br)c2)c1. The zero-order valence-corrected chi connectivity index (χ0v) is 13.8. The minimum absolute atomic E-state index is 0.230. The maximum absolute atomic E-state index is 12.2. The highest BCUT2D eigenvalue weighted by atomic mass is 79.9. The van der Waals surface area contributed by atoms with Crippen molar-refractivity contribution < 1.29 is 14.3 Å². The summed E-state index contributed by atoms with van der Waals surface area (Å²) in [7, 11) is 3.05. The number of carbonyl (C=O) groups is 2. The van der Waals surface area contributed by atoms with E-state index in [1.54, 1.807) is 36.7 Å². The molecule has 2 amide bonds. The molecule has 21 heavy (non-hydrogen) atoms. The van der Waals surface area contributed by atoms with Gasteiger partial charge in [-0.25, -0.2) is 0 Å². The molecule has 0 atom stereocenters. The van der Waals surface area contributed by atoms with Gasteiger partial charge in [0.05, 0.1) is 22.1 Å². The average Bonchev–Trinajstić information content (AvgIpc) is 2.93. The van der Waals surface area contributed by atoms with E-state index in [1.807, 2.05) is 0 Å². The molecule has 0 aliphatic heterocycles. The third kappa shape index (κ3) is 3.62. The van der Waals surface area contributed by atoms with Crippen molar-refractivity contribution in [3.63, 3.8) is 0 Å². The molecule has 0 radical (unpaired) electrons. The fourth-order valence-electron chi connectivity index (χ4n) is 1.71. The highest BCUT2D eigenvalue weighted by molar-refractivity contribution is 9.11. The van der Waals surface area contributed by atoms with Crippen molar-refractivity contribution in [3.05, 3.63) is 44.6 Å². The quantitative estimate of drug-likeness (QED) is 0.870. The van der Waals surface area contributed by atoms with Gasteiger partial charge in [-0.2, -0.15) is 0 Å². The van der Waals surface area contributed by atoms with Crippen LogP contribution in [0.4, 0.5) is 5.69 Å². The Bertz CT molecular complexity index is 685. The number of hydrogen-bond donors (Lipinski definition) is 2. The van der Waals surface area contributed by atoms with Crippen LogP contribution in [0.3, 0.4) is 0 Å². The second kappa shape index (κ2) is 6.73. The zero-order valence-electron chi connectivity index (χ0n) is 11.4. The molecule has 0 bridgehead atoms. The van der Waals surface area contributed by atoms with Crippen LogP contribution >= 0.6 is 27.3 Å². The van der Waals surface area contributed by atoms with E-state index < -0.39 is 0 Å². The first-order chi connectivity index (χ1) is 10.0. The van der Waals surface area contributed by atoms with E-state index in [0.29, 0.717) is 22.6 Å². The lowest BCUT2D eigenvalue weighted by Gasteiger charge is -2.11. The number of methoxy groups -OCH3 is 1. The summed E-state index contributed by atoms with van der Waals surface area (Å²) in [6.45, 7) is 0. The van der Waals surface area contributed by atoms with Gasteiger partial charge < -0.3 is 15.4 Å². The molecule has 0 spiro atoms.